The molecule has 0 saturated heterocycles. The normalized spacial score (nSPS) is 11.7. The summed E-state index contributed by atoms with van der Waals surface area (Å²) in [7, 11) is 0. The second kappa shape index (κ2) is 3.86. The highest BCUT2D eigenvalue weighted by atomic mass is 35.5. The van der Waals surface area contributed by atoms with Gasteiger partial charge in [0.25, 0.3) is 0 Å². The third-order valence-electron chi connectivity index (χ3n) is 1.25. The van der Waals surface area contributed by atoms with Crippen LogP contribution in [0, 0.1) is 6.92 Å². The topological polar surface area (TPSA) is 0 Å². The molecule has 4 heteroatoms. The van der Waals surface area contributed by atoms with Gasteiger partial charge in [0.15, 0.2) is 0 Å². The Bertz CT molecular complexity index is 253. The van der Waals surface area contributed by atoms with E-state index in [1.54, 1.807) is 12.1 Å². The van der Waals surface area contributed by atoms with E-state index in [1.807, 2.05) is 19.1 Å². The molecule has 1 aromatic carbocycles. The van der Waals surface area contributed by atoms with E-state index < -0.39 is 3.92 Å². The predicted octanol–water partition coefficient (Wildman–Crippen LogP) is 4.15. The van der Waals surface area contributed by atoms with Gasteiger partial charge in [0.2, 0.25) is 0 Å². The molecule has 0 bridgehead atoms. The summed E-state index contributed by atoms with van der Waals surface area (Å²) >= 11 is 11.1. The lowest BCUT2D eigenvalue weighted by atomic mass is 10.2. The van der Waals surface area contributed by atoms with E-state index in [9.17, 15) is 4.39 Å². The molecule has 0 nitrogen and oxygen atoms in total. The lowest BCUT2D eigenvalue weighted by molar-refractivity contribution is 0.516. The maximum Gasteiger partial charge on any atom is 0.309 e. The van der Waals surface area contributed by atoms with Crippen LogP contribution in [-0.2, 0) is 0 Å². The van der Waals surface area contributed by atoms with Crippen molar-refractivity contribution in [2.45, 2.75) is 15.7 Å². The van der Waals surface area contributed by atoms with Gasteiger partial charge < -0.3 is 0 Å². The summed E-state index contributed by atoms with van der Waals surface area (Å²) in [6.07, 6.45) is 0. The molecule has 0 unspecified atom stereocenters. The largest absolute Gasteiger partial charge is 0.309 e. The molecule has 0 spiro atoms. The number of benzene rings is 1. The van der Waals surface area contributed by atoms with Crippen molar-refractivity contribution in [1.82, 2.24) is 0 Å². The summed E-state index contributed by atoms with van der Waals surface area (Å²) in [5, 5.41) is 0. The molecular formula is C8H7Cl2FS. The highest BCUT2D eigenvalue weighted by Crippen LogP contribution is 2.41. The predicted molar refractivity (Wildman–Crippen MR) is 52.6 cm³/mol. The number of aryl methyl sites for hydroxylation is 1. The average molecular weight is 225 g/mol. The van der Waals surface area contributed by atoms with Gasteiger partial charge in [0.1, 0.15) is 0 Å². The van der Waals surface area contributed by atoms with Crippen molar-refractivity contribution in [2.24, 2.45) is 0 Å². The summed E-state index contributed by atoms with van der Waals surface area (Å²) in [6.45, 7) is 1.96. The Morgan fingerprint density at radius 1 is 1.25 bits per heavy atom. The van der Waals surface area contributed by atoms with Crippen LogP contribution < -0.4 is 0 Å². The number of alkyl halides is 3. The first-order chi connectivity index (χ1) is 5.47. The van der Waals surface area contributed by atoms with Gasteiger partial charge in [-0.3, -0.25) is 0 Å². The number of hydrogen-bond acceptors (Lipinski definition) is 1. The van der Waals surface area contributed by atoms with Crippen LogP contribution in [0.15, 0.2) is 29.2 Å². The van der Waals surface area contributed by atoms with E-state index in [0.29, 0.717) is 4.90 Å². The van der Waals surface area contributed by atoms with Gasteiger partial charge in [-0.1, -0.05) is 52.7 Å². The van der Waals surface area contributed by atoms with Crippen LogP contribution in [0.1, 0.15) is 5.56 Å². The molecular weight excluding hydrogens is 218 g/mol. The van der Waals surface area contributed by atoms with Gasteiger partial charge in [0.05, 0.1) is 0 Å². The van der Waals surface area contributed by atoms with Crippen molar-refractivity contribution in [3.8, 4) is 0 Å². The first-order valence-corrected chi connectivity index (χ1v) is 4.87. The van der Waals surface area contributed by atoms with Crippen LogP contribution in [-0.4, -0.2) is 3.92 Å². The molecule has 0 aromatic heterocycles. The van der Waals surface area contributed by atoms with Crippen molar-refractivity contribution in [3.05, 3.63) is 29.8 Å². The molecule has 66 valence electrons. The van der Waals surface area contributed by atoms with Crippen LogP contribution >= 0.6 is 35.0 Å². The quantitative estimate of drug-likeness (QED) is 0.538. The van der Waals surface area contributed by atoms with Crippen LogP contribution in [0.25, 0.3) is 0 Å². The number of halogens is 3. The standard InChI is InChI=1S/C8H7Cl2FS/c1-6-2-4-7(5-3-6)12-8(9,10)11/h2-5H,1H3. The van der Waals surface area contributed by atoms with Crippen LogP contribution in [0.4, 0.5) is 4.39 Å². The second-order valence-corrected chi connectivity index (χ2v) is 5.28. The van der Waals surface area contributed by atoms with E-state index in [-0.39, 0.29) is 0 Å². The van der Waals surface area contributed by atoms with Gasteiger partial charge in [0, 0.05) is 4.90 Å². The molecule has 0 fully saturated rings. The van der Waals surface area contributed by atoms with E-state index >= 15 is 0 Å². The zero-order valence-corrected chi connectivity index (χ0v) is 8.68. The van der Waals surface area contributed by atoms with E-state index in [2.05, 4.69) is 0 Å². The molecule has 0 aliphatic carbocycles. The highest BCUT2D eigenvalue weighted by molar-refractivity contribution is 8.03. The van der Waals surface area contributed by atoms with E-state index in [0.717, 1.165) is 17.3 Å². The van der Waals surface area contributed by atoms with Crippen molar-refractivity contribution < 1.29 is 4.39 Å². The minimum atomic E-state index is -2.24. The Hall–Kier alpha value is 0.0800. The Morgan fingerprint density at radius 3 is 2.17 bits per heavy atom. The fourth-order valence-corrected chi connectivity index (χ4v) is 1.81. The molecule has 1 rings (SSSR count). The maximum absolute atomic E-state index is 12.7. The first kappa shape index (κ1) is 10.2. The molecule has 0 aliphatic heterocycles. The lowest BCUT2D eigenvalue weighted by Gasteiger charge is -2.07. The lowest BCUT2D eigenvalue weighted by Crippen LogP contribution is -1.94. The second-order valence-electron chi connectivity index (χ2n) is 2.36. The zero-order valence-electron chi connectivity index (χ0n) is 6.35. The minimum Gasteiger partial charge on any atom is -0.195 e. The van der Waals surface area contributed by atoms with Crippen molar-refractivity contribution in [2.75, 3.05) is 0 Å². The Labute approximate surface area is 85.1 Å². The number of rotatable bonds is 2. The van der Waals surface area contributed by atoms with Gasteiger partial charge in [-0.15, -0.1) is 0 Å². The summed E-state index contributed by atoms with van der Waals surface area (Å²) in [5.41, 5.74) is 1.12. The zero-order chi connectivity index (χ0) is 9.19. The van der Waals surface area contributed by atoms with Gasteiger partial charge in [-0.2, -0.15) is 4.39 Å². The highest BCUT2D eigenvalue weighted by Gasteiger charge is 2.23. The molecule has 0 saturated carbocycles. The van der Waals surface area contributed by atoms with Gasteiger partial charge >= 0.3 is 3.92 Å². The molecule has 0 atom stereocenters. The Kier molecular flexibility index (Phi) is 3.27. The Morgan fingerprint density at radius 2 is 1.75 bits per heavy atom. The summed E-state index contributed by atoms with van der Waals surface area (Å²) in [6, 6.07) is 7.31. The summed E-state index contributed by atoms with van der Waals surface area (Å²) in [5.74, 6) is 0. The molecule has 0 heterocycles. The molecule has 12 heavy (non-hydrogen) atoms. The van der Waals surface area contributed by atoms with Gasteiger partial charge in [-0.05, 0) is 19.1 Å². The van der Waals surface area contributed by atoms with Crippen LogP contribution in [0.2, 0.25) is 0 Å². The minimum absolute atomic E-state index is 0.716. The molecule has 0 N–H and O–H groups in total. The number of hydrogen-bond donors (Lipinski definition) is 0. The fourth-order valence-electron chi connectivity index (χ4n) is 0.740. The fraction of sp³-hybridized carbons (Fsp3) is 0.250. The van der Waals surface area contributed by atoms with E-state index in [4.69, 9.17) is 23.2 Å². The van der Waals surface area contributed by atoms with Crippen molar-refractivity contribution >= 4 is 35.0 Å². The maximum atomic E-state index is 12.7. The molecule has 0 radical (unpaired) electrons. The van der Waals surface area contributed by atoms with Crippen LogP contribution in [0.3, 0.4) is 0 Å². The monoisotopic (exact) mass is 224 g/mol. The number of thioether (sulfide) groups is 1. The smallest absolute Gasteiger partial charge is 0.195 e. The van der Waals surface area contributed by atoms with Crippen molar-refractivity contribution in [3.63, 3.8) is 0 Å². The molecule has 0 amide bonds. The van der Waals surface area contributed by atoms with Crippen molar-refractivity contribution in [1.29, 1.82) is 0 Å². The molecule has 1 aromatic rings. The summed E-state index contributed by atoms with van der Waals surface area (Å²) in [4.78, 5) is 0.716. The summed E-state index contributed by atoms with van der Waals surface area (Å²) < 4.78 is 10.4. The van der Waals surface area contributed by atoms with Crippen LogP contribution in [0.5, 0.6) is 0 Å². The first-order valence-electron chi connectivity index (χ1n) is 3.30. The third kappa shape index (κ3) is 3.65. The SMILES string of the molecule is Cc1ccc(SC(F)(Cl)Cl)cc1. The molecule has 0 aliphatic rings. The Balaban J connectivity index is 2.71. The van der Waals surface area contributed by atoms with Gasteiger partial charge in [-0.25, -0.2) is 0 Å². The third-order valence-corrected chi connectivity index (χ3v) is 2.46. The van der Waals surface area contributed by atoms with E-state index in [1.165, 1.54) is 0 Å². The average Bonchev–Trinajstić information content (AvgIpc) is 1.91.